The molecule has 0 amide bonds. The molecule has 0 spiro atoms. The molecule has 4 saturated carbocycles. The van der Waals surface area contributed by atoms with Gasteiger partial charge in [0.1, 0.15) is 12.7 Å². The van der Waals surface area contributed by atoms with Crippen LogP contribution in [-0.4, -0.2) is 46.0 Å². The zero-order valence-electron chi connectivity index (χ0n) is 18.3. The Morgan fingerprint density at radius 3 is 2.61 bits per heavy atom. The molecule has 31 heavy (non-hydrogen) atoms. The van der Waals surface area contributed by atoms with Crippen LogP contribution in [0, 0.1) is 34.5 Å². The van der Waals surface area contributed by atoms with E-state index in [1.807, 2.05) is 6.92 Å². The molecule has 7 heteroatoms. The fourth-order valence-electron chi connectivity index (χ4n) is 8.59. The monoisotopic (exact) mass is 452 g/mol. The van der Waals surface area contributed by atoms with Gasteiger partial charge in [0.2, 0.25) is 0 Å². The first-order chi connectivity index (χ1) is 14.6. The van der Waals surface area contributed by atoms with E-state index in [-0.39, 0.29) is 41.8 Å². The van der Waals surface area contributed by atoms with E-state index in [0.717, 1.165) is 44.1 Å². The molecule has 0 aromatic rings. The maximum absolute atomic E-state index is 12.2. The zero-order valence-corrected chi connectivity index (χ0v) is 19.1. The average molecular weight is 453 g/mol. The van der Waals surface area contributed by atoms with Crippen molar-refractivity contribution in [3.8, 4) is 0 Å². The van der Waals surface area contributed by atoms with Gasteiger partial charge in [0.05, 0.1) is 11.7 Å². The van der Waals surface area contributed by atoms with E-state index in [1.165, 1.54) is 0 Å². The number of aliphatic hydroxyl groups is 2. The van der Waals surface area contributed by atoms with E-state index in [1.54, 1.807) is 6.08 Å². The zero-order chi connectivity index (χ0) is 22.2. The number of rotatable bonds is 2. The van der Waals surface area contributed by atoms with Crippen LogP contribution in [0.1, 0.15) is 65.2 Å². The molecule has 0 unspecified atom stereocenters. The lowest BCUT2D eigenvalue weighted by molar-refractivity contribution is -0.244. The van der Waals surface area contributed by atoms with E-state index in [9.17, 15) is 19.8 Å². The highest BCUT2D eigenvalue weighted by atomic mass is 35.5. The molecule has 0 bridgehead atoms. The third-order valence-corrected chi connectivity index (χ3v) is 10.4. The number of carbonyl (C=O) groups excluding carboxylic acids is 2. The van der Waals surface area contributed by atoms with Crippen LogP contribution in [0.4, 0.5) is 4.79 Å². The molecule has 4 fully saturated rings. The molecule has 9 atom stereocenters. The van der Waals surface area contributed by atoms with Crippen molar-refractivity contribution in [2.75, 3.05) is 6.61 Å². The quantitative estimate of drug-likeness (QED) is 0.486. The molecule has 2 N–H and O–H groups in total. The number of cyclic esters (lactones) is 1. The normalized spacial score (nSPS) is 51.3. The van der Waals surface area contributed by atoms with Gasteiger partial charge in [-0.2, -0.15) is 0 Å². The Morgan fingerprint density at radius 1 is 1.16 bits per heavy atom. The highest BCUT2D eigenvalue weighted by Gasteiger charge is 2.70. The second kappa shape index (κ2) is 7.19. The molecular formula is C24H33ClO6. The Bertz CT molecular complexity index is 827. The van der Waals surface area contributed by atoms with Crippen molar-refractivity contribution in [1.29, 1.82) is 0 Å². The second-order valence-electron chi connectivity index (χ2n) is 11.1. The summed E-state index contributed by atoms with van der Waals surface area (Å²) in [4.78, 5) is 22.9. The number of hydrogen-bond acceptors (Lipinski definition) is 6. The number of hydrogen-bond donors (Lipinski definition) is 2. The van der Waals surface area contributed by atoms with Gasteiger partial charge in [0, 0.05) is 23.1 Å². The lowest BCUT2D eigenvalue weighted by Crippen LogP contribution is -2.67. The van der Waals surface area contributed by atoms with Crippen molar-refractivity contribution in [1.82, 2.24) is 0 Å². The predicted molar refractivity (Wildman–Crippen MR) is 113 cm³/mol. The van der Waals surface area contributed by atoms with Crippen molar-refractivity contribution < 1.29 is 29.3 Å². The summed E-state index contributed by atoms with van der Waals surface area (Å²) in [5.41, 5.74) is -1.45. The van der Waals surface area contributed by atoms with Crippen LogP contribution in [0.2, 0.25) is 0 Å². The number of halogens is 1. The molecule has 5 rings (SSSR count). The van der Waals surface area contributed by atoms with Crippen LogP contribution in [0.15, 0.2) is 11.6 Å². The van der Waals surface area contributed by atoms with Gasteiger partial charge < -0.3 is 19.7 Å². The molecule has 1 heterocycles. The van der Waals surface area contributed by atoms with Gasteiger partial charge >= 0.3 is 11.4 Å². The minimum atomic E-state index is -0.958. The Balaban J connectivity index is 1.44. The van der Waals surface area contributed by atoms with Gasteiger partial charge in [-0.25, -0.2) is 9.59 Å². The number of carbonyl (C=O) groups is 2. The first-order valence-corrected chi connectivity index (χ1v) is 12.1. The molecule has 1 aliphatic heterocycles. The van der Waals surface area contributed by atoms with Crippen molar-refractivity contribution in [3.63, 3.8) is 0 Å². The number of aliphatic hydroxyl groups excluding tert-OH is 1. The van der Waals surface area contributed by atoms with Gasteiger partial charge in [0.25, 0.3) is 0 Å². The molecule has 4 aliphatic carbocycles. The van der Waals surface area contributed by atoms with Gasteiger partial charge in [-0.15, -0.1) is 0 Å². The fraction of sp³-hybridized carbons (Fsp3) is 0.833. The summed E-state index contributed by atoms with van der Waals surface area (Å²) in [6.45, 7) is 4.61. The first-order valence-electron chi connectivity index (χ1n) is 11.7. The first kappa shape index (κ1) is 21.7. The van der Waals surface area contributed by atoms with Gasteiger partial charge in [0.15, 0.2) is 0 Å². The fourth-order valence-corrected chi connectivity index (χ4v) is 8.71. The van der Waals surface area contributed by atoms with Crippen LogP contribution in [-0.2, 0) is 14.3 Å². The maximum atomic E-state index is 12.2. The van der Waals surface area contributed by atoms with Crippen molar-refractivity contribution in [3.05, 3.63) is 11.6 Å². The van der Waals surface area contributed by atoms with E-state index in [2.05, 4.69) is 6.92 Å². The number of ether oxygens (including phenoxy) is 2. The van der Waals surface area contributed by atoms with Crippen LogP contribution >= 0.6 is 11.6 Å². The van der Waals surface area contributed by atoms with Crippen LogP contribution in [0.3, 0.4) is 0 Å². The summed E-state index contributed by atoms with van der Waals surface area (Å²) < 4.78 is 10.5. The summed E-state index contributed by atoms with van der Waals surface area (Å²) in [6.07, 6.45) is 7.24. The van der Waals surface area contributed by atoms with E-state index >= 15 is 0 Å². The number of fused-ring (bicyclic) bond motifs is 5. The van der Waals surface area contributed by atoms with Crippen LogP contribution in [0.5, 0.6) is 0 Å². The van der Waals surface area contributed by atoms with Crippen molar-refractivity contribution >= 4 is 23.0 Å². The van der Waals surface area contributed by atoms with Crippen molar-refractivity contribution in [2.45, 2.75) is 83.0 Å². The number of esters is 1. The largest absolute Gasteiger partial charge is 0.458 e. The Kier molecular flexibility index (Phi) is 5.04. The standard InChI is InChI=1S/C24H33ClO6/c1-22-7-5-15(31-21(25)28)10-14(22)3-4-17-18(22)11-19(26)23(2)16(6-8-24(17,23)29)13-9-20(27)30-12-13/h9,14-19,26,29H,3-8,10-12H2,1-2H3/t14-,15+,16-,17-,18+,19-,22+,23+,24+/m1/s1. The Hall–Kier alpha value is -1.11. The second-order valence-corrected chi connectivity index (χ2v) is 11.4. The minimum absolute atomic E-state index is 0.0000325. The lowest BCUT2D eigenvalue weighted by Gasteiger charge is -2.65. The van der Waals surface area contributed by atoms with E-state index < -0.39 is 22.5 Å². The molecule has 6 nitrogen and oxygen atoms in total. The van der Waals surface area contributed by atoms with Crippen LogP contribution in [0.25, 0.3) is 0 Å². The smallest absolute Gasteiger partial charge is 0.404 e. The average Bonchev–Trinajstić information content (AvgIpc) is 3.24. The Labute approximate surface area is 188 Å². The molecule has 0 radical (unpaired) electrons. The lowest BCUT2D eigenvalue weighted by atomic mass is 9.42. The molecule has 172 valence electrons. The molecule has 0 aromatic heterocycles. The predicted octanol–water partition coefficient (Wildman–Crippen LogP) is 3.96. The SMILES string of the molecule is C[C@]12CC[C@H](OC(=O)Cl)C[C@H]1CC[C@@H]1[C@@H]2C[C@@H](O)[C@]2(C)[C@@H](C3=CC(=O)OC3)CC[C@]12O. The van der Waals surface area contributed by atoms with Gasteiger partial charge in [-0.1, -0.05) is 13.8 Å². The molecule has 0 aromatic carbocycles. The third-order valence-electron chi connectivity index (χ3n) is 10.3. The summed E-state index contributed by atoms with van der Waals surface area (Å²) in [5, 5.41) is 23.7. The summed E-state index contributed by atoms with van der Waals surface area (Å²) in [7, 11) is 0. The highest BCUT2D eigenvalue weighted by Crippen LogP contribution is 2.70. The summed E-state index contributed by atoms with van der Waals surface area (Å²) in [6, 6.07) is 0. The topological polar surface area (TPSA) is 93.1 Å². The van der Waals surface area contributed by atoms with Crippen molar-refractivity contribution in [2.24, 2.45) is 34.5 Å². The summed E-state index contributed by atoms with van der Waals surface area (Å²) >= 11 is 5.46. The third kappa shape index (κ3) is 2.97. The summed E-state index contributed by atoms with van der Waals surface area (Å²) in [5.74, 6) is 0.382. The Morgan fingerprint density at radius 2 is 1.94 bits per heavy atom. The van der Waals surface area contributed by atoms with E-state index in [0.29, 0.717) is 18.8 Å². The van der Waals surface area contributed by atoms with Crippen LogP contribution < -0.4 is 0 Å². The van der Waals surface area contributed by atoms with Gasteiger partial charge in [-0.05, 0) is 86.0 Å². The molecular weight excluding hydrogens is 420 g/mol. The molecule has 0 saturated heterocycles. The molecule has 5 aliphatic rings. The van der Waals surface area contributed by atoms with E-state index in [4.69, 9.17) is 21.1 Å². The minimum Gasteiger partial charge on any atom is -0.458 e. The highest BCUT2D eigenvalue weighted by molar-refractivity contribution is 6.61. The maximum Gasteiger partial charge on any atom is 0.404 e. The van der Waals surface area contributed by atoms with Gasteiger partial charge in [-0.3, -0.25) is 0 Å².